The molecule has 0 aliphatic heterocycles. The van der Waals surface area contributed by atoms with Gasteiger partial charge in [-0.05, 0) is 61.9 Å². The van der Waals surface area contributed by atoms with Crippen molar-refractivity contribution in [2.24, 2.45) is 5.92 Å². The summed E-state index contributed by atoms with van der Waals surface area (Å²) in [6, 6.07) is 4.38. The number of hydrogen-bond acceptors (Lipinski definition) is 2. The van der Waals surface area contributed by atoms with Gasteiger partial charge in [-0.25, -0.2) is 0 Å². The van der Waals surface area contributed by atoms with E-state index in [4.69, 9.17) is 17.2 Å². The van der Waals surface area contributed by atoms with Crippen LogP contribution in [0.1, 0.15) is 41.9 Å². The van der Waals surface area contributed by atoms with Gasteiger partial charge in [0, 0.05) is 23.3 Å². The molecule has 2 heterocycles. The van der Waals surface area contributed by atoms with E-state index in [0.29, 0.717) is 16.6 Å². The average Bonchev–Trinajstić information content (AvgIpc) is 2.74. The number of rotatable bonds is 2. The molecule has 0 amide bonds. The Balaban J connectivity index is 1.82. The minimum Gasteiger partial charge on any atom is -0.337 e. The van der Waals surface area contributed by atoms with E-state index in [1.165, 1.54) is 23.4 Å². The van der Waals surface area contributed by atoms with Crippen molar-refractivity contribution in [1.29, 1.82) is 0 Å². The summed E-state index contributed by atoms with van der Waals surface area (Å²) in [7, 11) is 0. The molecule has 0 fully saturated rings. The number of aromatic amines is 2. The van der Waals surface area contributed by atoms with Gasteiger partial charge in [0.25, 0.3) is 0 Å². The van der Waals surface area contributed by atoms with Gasteiger partial charge in [-0.3, -0.25) is 4.98 Å². The molecule has 2 unspecified atom stereocenters. The van der Waals surface area contributed by atoms with Crippen molar-refractivity contribution in [3.05, 3.63) is 45.7 Å². The van der Waals surface area contributed by atoms with Crippen LogP contribution in [0.25, 0.3) is 0 Å². The zero-order valence-electron chi connectivity index (χ0n) is 11.4. The highest BCUT2D eigenvalue weighted by Gasteiger charge is 2.25. The van der Waals surface area contributed by atoms with Crippen molar-refractivity contribution in [1.82, 2.24) is 15.0 Å². The van der Waals surface area contributed by atoms with Gasteiger partial charge in [0.05, 0.1) is 0 Å². The Labute approximate surface area is 118 Å². The maximum absolute atomic E-state index is 5.08. The number of nitrogens with one attached hydrogen (secondary N) is 2. The molecule has 4 heteroatoms. The Morgan fingerprint density at radius 1 is 1.42 bits per heavy atom. The molecule has 3 rings (SSSR count). The number of H-pyrrole nitrogens is 2. The van der Waals surface area contributed by atoms with Gasteiger partial charge < -0.3 is 9.97 Å². The van der Waals surface area contributed by atoms with Crippen molar-refractivity contribution in [3.63, 3.8) is 0 Å². The largest absolute Gasteiger partial charge is 0.337 e. The van der Waals surface area contributed by atoms with Crippen LogP contribution in [0, 0.1) is 17.6 Å². The van der Waals surface area contributed by atoms with Crippen LogP contribution in [0.3, 0.4) is 0 Å². The second-order valence-electron chi connectivity index (χ2n) is 5.67. The van der Waals surface area contributed by atoms with Crippen molar-refractivity contribution < 1.29 is 0 Å². The first-order chi connectivity index (χ1) is 9.11. The van der Waals surface area contributed by atoms with E-state index >= 15 is 0 Å². The van der Waals surface area contributed by atoms with Crippen LogP contribution < -0.4 is 0 Å². The van der Waals surface area contributed by atoms with Crippen LogP contribution in [0.2, 0.25) is 0 Å². The molecule has 0 aromatic carbocycles. The fourth-order valence-corrected chi connectivity index (χ4v) is 3.35. The topological polar surface area (TPSA) is 44.5 Å². The lowest BCUT2D eigenvalue weighted by Crippen LogP contribution is -2.20. The molecule has 19 heavy (non-hydrogen) atoms. The Hall–Kier alpha value is -1.42. The molecule has 0 saturated heterocycles. The quantitative estimate of drug-likeness (QED) is 0.820. The summed E-state index contributed by atoms with van der Waals surface area (Å²) in [6.07, 6.45) is 5.34. The second kappa shape index (κ2) is 4.93. The molecule has 0 saturated carbocycles. The Morgan fingerprint density at radius 3 is 3.00 bits per heavy atom. The summed E-state index contributed by atoms with van der Waals surface area (Å²) in [5.41, 5.74) is 5.05. The predicted molar refractivity (Wildman–Crippen MR) is 78.9 cm³/mol. The van der Waals surface area contributed by atoms with E-state index in [2.05, 4.69) is 35.9 Å². The molecule has 0 radical (unpaired) electrons. The second-order valence-corrected chi connectivity index (χ2v) is 6.08. The standard InChI is InChI=1S/C15H19N3S/c1-9-5-11(6-12-8-16-15(19)18-12)7-14-13(9)4-3-10(2)17-14/h3-4,8-9,11H,5-7H2,1-2H3,(H2,16,18,19). The molecular formula is C15H19N3S. The fourth-order valence-electron chi connectivity index (χ4n) is 3.16. The SMILES string of the molecule is Cc1ccc2c(n1)CC(Cc1c[nH]c(=S)[nH]1)CC2C. The number of imidazole rings is 1. The maximum Gasteiger partial charge on any atom is 0.174 e. The molecule has 3 nitrogen and oxygen atoms in total. The lowest BCUT2D eigenvalue weighted by molar-refractivity contribution is 0.404. The van der Waals surface area contributed by atoms with Gasteiger partial charge >= 0.3 is 0 Å². The molecule has 1 aliphatic carbocycles. The monoisotopic (exact) mass is 273 g/mol. The normalized spacial score (nSPS) is 22.2. The minimum atomic E-state index is 0.601. The van der Waals surface area contributed by atoms with Crippen LogP contribution in [-0.4, -0.2) is 15.0 Å². The van der Waals surface area contributed by atoms with Crippen molar-refractivity contribution in [2.75, 3.05) is 0 Å². The summed E-state index contributed by atoms with van der Waals surface area (Å²) >= 11 is 5.08. The minimum absolute atomic E-state index is 0.601. The van der Waals surface area contributed by atoms with Crippen LogP contribution in [-0.2, 0) is 12.8 Å². The first-order valence-electron chi connectivity index (χ1n) is 6.85. The number of fused-ring (bicyclic) bond motifs is 1. The Morgan fingerprint density at radius 2 is 2.26 bits per heavy atom. The van der Waals surface area contributed by atoms with Crippen LogP contribution in [0.15, 0.2) is 18.3 Å². The third-order valence-corrected chi connectivity index (χ3v) is 4.23. The van der Waals surface area contributed by atoms with Gasteiger partial charge in [0.1, 0.15) is 0 Å². The Kier molecular flexibility index (Phi) is 3.27. The first kappa shape index (κ1) is 12.6. The summed E-state index contributed by atoms with van der Waals surface area (Å²) in [6.45, 7) is 4.37. The predicted octanol–water partition coefficient (Wildman–Crippen LogP) is 3.68. The molecule has 2 aromatic rings. The van der Waals surface area contributed by atoms with Gasteiger partial charge in [-0.2, -0.15) is 0 Å². The first-order valence-corrected chi connectivity index (χ1v) is 7.25. The van der Waals surface area contributed by atoms with E-state index in [0.717, 1.165) is 18.5 Å². The van der Waals surface area contributed by atoms with Gasteiger partial charge in [-0.1, -0.05) is 13.0 Å². The number of pyridine rings is 1. The number of aromatic nitrogens is 3. The molecule has 2 atom stereocenters. The van der Waals surface area contributed by atoms with Gasteiger partial charge in [-0.15, -0.1) is 0 Å². The number of aryl methyl sites for hydroxylation is 1. The maximum atomic E-state index is 5.08. The molecule has 0 bridgehead atoms. The molecule has 2 aromatic heterocycles. The molecule has 2 N–H and O–H groups in total. The van der Waals surface area contributed by atoms with E-state index < -0.39 is 0 Å². The van der Waals surface area contributed by atoms with E-state index in [1.54, 1.807) is 0 Å². The van der Waals surface area contributed by atoms with E-state index in [9.17, 15) is 0 Å². The van der Waals surface area contributed by atoms with Gasteiger partial charge in [0.15, 0.2) is 4.77 Å². The third-order valence-electron chi connectivity index (χ3n) is 4.01. The third kappa shape index (κ3) is 2.63. The summed E-state index contributed by atoms with van der Waals surface area (Å²) in [5, 5.41) is 0. The number of nitrogens with zero attached hydrogens (tertiary/aromatic N) is 1. The highest BCUT2D eigenvalue weighted by Crippen LogP contribution is 2.35. The smallest absolute Gasteiger partial charge is 0.174 e. The fraction of sp³-hybridized carbons (Fsp3) is 0.467. The van der Waals surface area contributed by atoms with Crippen molar-refractivity contribution in [3.8, 4) is 0 Å². The lowest BCUT2D eigenvalue weighted by atomic mass is 9.78. The Bertz CT molecular complexity index is 641. The summed E-state index contributed by atoms with van der Waals surface area (Å²) in [4.78, 5) is 11.0. The van der Waals surface area contributed by atoms with Crippen LogP contribution >= 0.6 is 12.2 Å². The highest BCUT2D eigenvalue weighted by atomic mass is 32.1. The van der Waals surface area contributed by atoms with Crippen molar-refractivity contribution in [2.45, 2.75) is 39.0 Å². The summed E-state index contributed by atoms with van der Waals surface area (Å²) in [5.74, 6) is 1.25. The molecule has 100 valence electrons. The van der Waals surface area contributed by atoms with Crippen molar-refractivity contribution >= 4 is 12.2 Å². The lowest BCUT2D eigenvalue weighted by Gasteiger charge is -2.28. The van der Waals surface area contributed by atoms with E-state index in [1.807, 2.05) is 6.20 Å². The molecular weight excluding hydrogens is 254 g/mol. The summed E-state index contributed by atoms with van der Waals surface area (Å²) < 4.78 is 0.716. The van der Waals surface area contributed by atoms with E-state index in [-0.39, 0.29) is 0 Å². The van der Waals surface area contributed by atoms with Crippen LogP contribution in [0.5, 0.6) is 0 Å². The van der Waals surface area contributed by atoms with Gasteiger partial charge in [0.2, 0.25) is 0 Å². The zero-order valence-corrected chi connectivity index (χ0v) is 12.2. The average molecular weight is 273 g/mol. The number of hydrogen-bond donors (Lipinski definition) is 2. The highest BCUT2D eigenvalue weighted by molar-refractivity contribution is 7.71. The zero-order chi connectivity index (χ0) is 13.4. The van der Waals surface area contributed by atoms with Crippen LogP contribution in [0.4, 0.5) is 0 Å². The molecule has 0 spiro atoms. The molecule has 1 aliphatic rings.